The Morgan fingerprint density at radius 2 is 2.10 bits per heavy atom. The molecule has 0 bridgehead atoms. The lowest BCUT2D eigenvalue weighted by Gasteiger charge is -2.27. The molecule has 0 aliphatic heterocycles. The standard InChI is InChI=1S/C21H23ClN6O/c1-23-18-19(26-21(22)27-20(18)28(2)15-6-3-4-7-15)25-13-14-9-10-16(24-12-14)17-8-5-11-29-17/h5,8-12,15H,1,3-4,6-7,13H2,2H3,(H,25,26,27). The molecule has 0 unspecified atom stereocenters. The molecule has 0 atom stereocenters. The van der Waals surface area contributed by atoms with Gasteiger partial charge in [0.1, 0.15) is 11.4 Å². The predicted octanol–water partition coefficient (Wildman–Crippen LogP) is 5.11. The summed E-state index contributed by atoms with van der Waals surface area (Å²) in [7, 11) is 2.03. The van der Waals surface area contributed by atoms with Crippen molar-refractivity contribution in [2.75, 3.05) is 17.3 Å². The first-order valence-corrected chi connectivity index (χ1v) is 10.0. The van der Waals surface area contributed by atoms with Gasteiger partial charge in [-0.15, -0.1) is 0 Å². The number of aromatic nitrogens is 3. The molecule has 1 fully saturated rings. The molecule has 3 aromatic heterocycles. The van der Waals surface area contributed by atoms with Gasteiger partial charge < -0.3 is 14.6 Å². The Labute approximate surface area is 174 Å². The summed E-state index contributed by atoms with van der Waals surface area (Å²) in [4.78, 5) is 19.6. The van der Waals surface area contributed by atoms with Crippen LogP contribution in [0.25, 0.3) is 11.5 Å². The average molecular weight is 411 g/mol. The van der Waals surface area contributed by atoms with E-state index in [1.54, 1.807) is 12.5 Å². The van der Waals surface area contributed by atoms with Crippen molar-refractivity contribution in [2.24, 2.45) is 4.99 Å². The van der Waals surface area contributed by atoms with E-state index in [1.807, 2.05) is 31.3 Å². The molecule has 0 aromatic carbocycles. The van der Waals surface area contributed by atoms with Crippen LogP contribution in [0.1, 0.15) is 31.2 Å². The number of furan rings is 1. The molecule has 29 heavy (non-hydrogen) atoms. The zero-order valence-corrected chi connectivity index (χ0v) is 17.1. The van der Waals surface area contributed by atoms with Crippen LogP contribution in [0.2, 0.25) is 5.28 Å². The Morgan fingerprint density at radius 1 is 1.28 bits per heavy atom. The number of rotatable bonds is 7. The molecular formula is C21H23ClN6O. The van der Waals surface area contributed by atoms with Gasteiger partial charge in [-0.25, -0.2) is 0 Å². The maximum Gasteiger partial charge on any atom is 0.226 e. The molecule has 7 nitrogen and oxygen atoms in total. The fourth-order valence-electron chi connectivity index (χ4n) is 3.68. The van der Waals surface area contributed by atoms with Gasteiger partial charge in [0.2, 0.25) is 5.28 Å². The van der Waals surface area contributed by atoms with Crippen LogP contribution < -0.4 is 10.2 Å². The average Bonchev–Trinajstić information content (AvgIpc) is 3.46. The minimum atomic E-state index is 0.186. The highest BCUT2D eigenvalue weighted by atomic mass is 35.5. The number of hydrogen-bond acceptors (Lipinski definition) is 7. The van der Waals surface area contributed by atoms with Crippen molar-refractivity contribution in [3.8, 4) is 11.5 Å². The van der Waals surface area contributed by atoms with Crippen molar-refractivity contribution in [1.82, 2.24) is 15.0 Å². The van der Waals surface area contributed by atoms with E-state index < -0.39 is 0 Å². The molecule has 0 spiro atoms. The van der Waals surface area contributed by atoms with Crippen LogP contribution in [0.5, 0.6) is 0 Å². The molecule has 8 heteroatoms. The van der Waals surface area contributed by atoms with E-state index in [9.17, 15) is 0 Å². The summed E-state index contributed by atoms with van der Waals surface area (Å²) in [5, 5.41) is 3.49. The number of halogens is 1. The summed E-state index contributed by atoms with van der Waals surface area (Å²) in [5.74, 6) is 2.01. The molecule has 150 valence electrons. The van der Waals surface area contributed by atoms with E-state index in [2.05, 4.69) is 36.9 Å². The first-order valence-electron chi connectivity index (χ1n) is 9.65. The summed E-state index contributed by atoms with van der Waals surface area (Å²) < 4.78 is 5.38. The zero-order chi connectivity index (χ0) is 20.2. The van der Waals surface area contributed by atoms with Gasteiger partial charge in [-0.1, -0.05) is 18.9 Å². The van der Waals surface area contributed by atoms with Crippen LogP contribution in [0.15, 0.2) is 46.1 Å². The Balaban J connectivity index is 1.53. The SMILES string of the molecule is C=Nc1c(NCc2ccc(-c3ccco3)nc2)nc(Cl)nc1N(C)C1CCCC1. The maximum absolute atomic E-state index is 6.22. The topological polar surface area (TPSA) is 79.4 Å². The number of pyridine rings is 1. The second kappa shape index (κ2) is 8.61. The van der Waals surface area contributed by atoms with E-state index in [0.717, 1.165) is 29.9 Å². The number of hydrogen-bond donors (Lipinski definition) is 1. The molecule has 0 amide bonds. The summed E-state index contributed by atoms with van der Waals surface area (Å²) in [6, 6.07) is 8.08. The molecule has 4 rings (SSSR count). The van der Waals surface area contributed by atoms with Crippen molar-refractivity contribution in [3.05, 3.63) is 47.6 Å². The van der Waals surface area contributed by atoms with Crippen LogP contribution >= 0.6 is 11.6 Å². The highest BCUT2D eigenvalue weighted by molar-refractivity contribution is 6.28. The number of aliphatic imine (C=N–C) groups is 1. The second-order valence-corrected chi connectivity index (χ2v) is 7.44. The lowest BCUT2D eigenvalue weighted by Crippen LogP contribution is -2.30. The van der Waals surface area contributed by atoms with Gasteiger partial charge in [0.15, 0.2) is 17.4 Å². The highest BCUT2D eigenvalue weighted by Gasteiger charge is 2.24. The van der Waals surface area contributed by atoms with Crippen LogP contribution in [-0.4, -0.2) is 34.8 Å². The van der Waals surface area contributed by atoms with Gasteiger partial charge in [0.05, 0.1) is 6.26 Å². The molecule has 0 saturated heterocycles. The highest BCUT2D eigenvalue weighted by Crippen LogP contribution is 2.37. The summed E-state index contributed by atoms with van der Waals surface area (Å²) in [6.07, 6.45) is 8.19. The van der Waals surface area contributed by atoms with E-state index >= 15 is 0 Å². The van der Waals surface area contributed by atoms with Gasteiger partial charge in [-0.2, -0.15) is 9.97 Å². The number of nitrogens with one attached hydrogen (secondary N) is 1. The van der Waals surface area contributed by atoms with Gasteiger partial charge >= 0.3 is 0 Å². The lowest BCUT2D eigenvalue weighted by atomic mass is 10.2. The van der Waals surface area contributed by atoms with E-state index in [1.165, 1.54) is 12.8 Å². The Kier molecular flexibility index (Phi) is 5.76. The zero-order valence-electron chi connectivity index (χ0n) is 16.3. The van der Waals surface area contributed by atoms with E-state index in [4.69, 9.17) is 16.0 Å². The van der Waals surface area contributed by atoms with Crippen molar-refractivity contribution < 1.29 is 4.42 Å². The summed E-state index contributed by atoms with van der Waals surface area (Å²) in [6.45, 7) is 4.25. The van der Waals surface area contributed by atoms with Crippen molar-refractivity contribution >= 4 is 35.6 Å². The molecule has 1 saturated carbocycles. The van der Waals surface area contributed by atoms with Gasteiger partial charge in [0.25, 0.3) is 0 Å². The fraction of sp³-hybridized carbons (Fsp3) is 0.333. The Bertz CT molecular complexity index is 968. The van der Waals surface area contributed by atoms with Crippen LogP contribution in [0, 0.1) is 0 Å². The van der Waals surface area contributed by atoms with Crippen molar-refractivity contribution in [1.29, 1.82) is 0 Å². The minimum absolute atomic E-state index is 0.186. The fourth-order valence-corrected chi connectivity index (χ4v) is 3.85. The van der Waals surface area contributed by atoms with Crippen LogP contribution in [-0.2, 0) is 6.54 Å². The van der Waals surface area contributed by atoms with E-state index in [-0.39, 0.29) is 5.28 Å². The third-order valence-corrected chi connectivity index (χ3v) is 5.43. The molecule has 1 N–H and O–H groups in total. The van der Waals surface area contributed by atoms with E-state index in [0.29, 0.717) is 29.9 Å². The molecule has 3 heterocycles. The molecule has 0 radical (unpaired) electrons. The lowest BCUT2D eigenvalue weighted by molar-refractivity contribution is 0.580. The normalized spacial score (nSPS) is 14.1. The third kappa shape index (κ3) is 4.24. The van der Waals surface area contributed by atoms with Gasteiger partial charge in [-0.05, 0) is 54.9 Å². The summed E-state index contributed by atoms with van der Waals surface area (Å²) >= 11 is 6.22. The predicted molar refractivity (Wildman–Crippen MR) is 116 cm³/mol. The van der Waals surface area contributed by atoms with Gasteiger partial charge in [0, 0.05) is 25.8 Å². The summed E-state index contributed by atoms with van der Waals surface area (Å²) in [5.41, 5.74) is 2.40. The van der Waals surface area contributed by atoms with Crippen molar-refractivity contribution in [2.45, 2.75) is 38.3 Å². The van der Waals surface area contributed by atoms with Crippen molar-refractivity contribution in [3.63, 3.8) is 0 Å². The first kappa shape index (κ1) is 19.4. The molecule has 1 aliphatic carbocycles. The molecular weight excluding hydrogens is 388 g/mol. The Morgan fingerprint density at radius 3 is 2.76 bits per heavy atom. The third-order valence-electron chi connectivity index (χ3n) is 5.26. The molecule has 3 aromatic rings. The number of anilines is 2. The molecule has 1 aliphatic rings. The number of nitrogens with zero attached hydrogens (tertiary/aromatic N) is 5. The minimum Gasteiger partial charge on any atom is -0.463 e. The van der Waals surface area contributed by atoms with Crippen LogP contribution in [0.3, 0.4) is 0 Å². The maximum atomic E-state index is 6.22. The Hall–Kier alpha value is -2.93. The largest absolute Gasteiger partial charge is 0.463 e. The monoisotopic (exact) mass is 410 g/mol. The smallest absolute Gasteiger partial charge is 0.226 e. The van der Waals surface area contributed by atoms with Gasteiger partial charge in [-0.3, -0.25) is 9.98 Å². The van der Waals surface area contributed by atoms with Crippen LogP contribution in [0.4, 0.5) is 17.3 Å². The second-order valence-electron chi connectivity index (χ2n) is 7.10. The quantitative estimate of drug-likeness (QED) is 0.430. The first-order chi connectivity index (χ1) is 14.2.